The second-order valence-corrected chi connectivity index (χ2v) is 8.01. The van der Waals surface area contributed by atoms with Crippen LogP contribution in [0.4, 0.5) is 17.1 Å². The summed E-state index contributed by atoms with van der Waals surface area (Å²) in [6.07, 6.45) is 1.16. The van der Waals surface area contributed by atoms with Crippen LogP contribution in [0.1, 0.15) is 5.56 Å². The quantitative estimate of drug-likeness (QED) is 0.173. The minimum Gasteiger partial charge on any atom is -0.504 e. The topological polar surface area (TPSA) is 163 Å². The molecule has 32 heavy (non-hydrogen) atoms. The minimum absolute atomic E-state index is 0.0486. The average molecular weight is 458 g/mol. The molecule has 0 fully saturated rings. The normalized spacial score (nSPS) is 11.3. The van der Waals surface area contributed by atoms with Gasteiger partial charge in [0, 0.05) is 23.4 Å². The monoisotopic (exact) mass is 458 g/mol. The Morgan fingerprint density at radius 2 is 1.81 bits per heavy atom. The molecule has 3 aromatic carbocycles. The van der Waals surface area contributed by atoms with E-state index in [0.717, 1.165) is 18.3 Å². The van der Waals surface area contributed by atoms with Crippen LogP contribution in [0.5, 0.6) is 17.2 Å². The molecule has 0 atom stereocenters. The van der Waals surface area contributed by atoms with Gasteiger partial charge in [0.15, 0.2) is 11.5 Å². The fourth-order valence-electron chi connectivity index (χ4n) is 2.63. The number of sulfonamides is 1. The third-order valence-corrected chi connectivity index (χ3v) is 5.66. The van der Waals surface area contributed by atoms with Gasteiger partial charge in [0.25, 0.3) is 15.7 Å². The van der Waals surface area contributed by atoms with Crippen LogP contribution >= 0.6 is 0 Å². The maximum absolute atomic E-state index is 13.0. The highest BCUT2D eigenvalue weighted by atomic mass is 32.2. The molecule has 4 N–H and O–H groups in total. The van der Waals surface area contributed by atoms with Crippen molar-refractivity contribution in [1.29, 1.82) is 0 Å². The van der Waals surface area contributed by atoms with Crippen molar-refractivity contribution in [3.05, 3.63) is 76.3 Å². The van der Waals surface area contributed by atoms with Crippen molar-refractivity contribution in [2.75, 3.05) is 17.3 Å². The number of para-hydroxylation sites is 1. The first-order valence-corrected chi connectivity index (χ1v) is 10.4. The van der Waals surface area contributed by atoms with Gasteiger partial charge in [-0.3, -0.25) is 20.3 Å². The number of nitrogens with one attached hydrogen (secondary N) is 2. The first kappa shape index (κ1) is 22.4. The predicted molar refractivity (Wildman–Crippen MR) is 118 cm³/mol. The average Bonchev–Trinajstić information content (AvgIpc) is 2.77. The lowest BCUT2D eigenvalue weighted by Crippen LogP contribution is -2.15. The fraction of sp³-hybridized carbons (Fsp3) is 0.0500. The highest BCUT2D eigenvalue weighted by Gasteiger charge is 2.23. The number of nitrogens with zero attached hydrogens (tertiary/aromatic N) is 2. The van der Waals surface area contributed by atoms with Gasteiger partial charge in [-0.05, 0) is 42.5 Å². The van der Waals surface area contributed by atoms with Gasteiger partial charge in [0.05, 0.1) is 23.9 Å². The van der Waals surface area contributed by atoms with E-state index in [1.807, 2.05) is 0 Å². The van der Waals surface area contributed by atoms with Gasteiger partial charge >= 0.3 is 0 Å². The van der Waals surface area contributed by atoms with E-state index in [2.05, 4.69) is 15.2 Å². The Morgan fingerprint density at radius 1 is 1.09 bits per heavy atom. The largest absolute Gasteiger partial charge is 0.504 e. The lowest BCUT2D eigenvalue weighted by molar-refractivity contribution is -0.385. The maximum Gasteiger partial charge on any atom is 0.270 e. The Hall–Kier alpha value is -4.32. The molecular weight excluding hydrogens is 440 g/mol. The predicted octanol–water partition coefficient (Wildman–Crippen LogP) is 3.26. The highest BCUT2D eigenvalue weighted by molar-refractivity contribution is 7.92. The number of aromatic hydroxyl groups is 2. The number of non-ortho nitro benzene ring substituents is 1. The number of anilines is 2. The van der Waals surface area contributed by atoms with E-state index in [9.17, 15) is 28.7 Å². The van der Waals surface area contributed by atoms with E-state index >= 15 is 0 Å². The van der Waals surface area contributed by atoms with E-state index in [0.29, 0.717) is 5.75 Å². The number of nitro benzene ring substituents is 1. The first-order valence-electron chi connectivity index (χ1n) is 8.96. The summed E-state index contributed by atoms with van der Waals surface area (Å²) in [4.78, 5) is 10.0. The Bertz CT molecular complexity index is 1280. The zero-order valence-electron chi connectivity index (χ0n) is 16.6. The van der Waals surface area contributed by atoms with Crippen LogP contribution in [-0.4, -0.2) is 36.9 Å². The molecule has 0 unspecified atom stereocenters. The minimum atomic E-state index is -4.25. The maximum atomic E-state index is 13.0. The third kappa shape index (κ3) is 5.05. The molecule has 0 aliphatic rings. The van der Waals surface area contributed by atoms with E-state index in [4.69, 9.17) is 4.74 Å². The number of hydrazone groups is 1. The zero-order chi connectivity index (χ0) is 23.3. The summed E-state index contributed by atoms with van der Waals surface area (Å²) in [7, 11) is -2.78. The molecule has 0 spiro atoms. The Balaban J connectivity index is 1.93. The molecule has 0 saturated heterocycles. The lowest BCUT2D eigenvalue weighted by Gasteiger charge is -2.12. The Labute approximate surface area is 182 Å². The van der Waals surface area contributed by atoms with Crippen LogP contribution in [0.15, 0.2) is 70.7 Å². The highest BCUT2D eigenvalue weighted by Crippen LogP contribution is 2.30. The Morgan fingerprint density at radius 3 is 2.47 bits per heavy atom. The molecule has 0 radical (unpaired) electrons. The van der Waals surface area contributed by atoms with Crippen molar-refractivity contribution < 1.29 is 28.3 Å². The molecule has 3 rings (SSSR count). The van der Waals surface area contributed by atoms with Gasteiger partial charge in [-0.2, -0.15) is 5.10 Å². The molecule has 0 amide bonds. The molecular formula is C20H18N4O7S. The molecule has 3 aromatic rings. The SMILES string of the molecule is COc1ccc(NS(=O)(=O)c2cc([N+](=O)[O-])ccc2NN=Cc2cccc(O)c2O)cc1. The van der Waals surface area contributed by atoms with E-state index in [-0.39, 0.29) is 22.7 Å². The molecule has 0 aromatic heterocycles. The fourth-order valence-corrected chi connectivity index (χ4v) is 3.87. The second-order valence-electron chi connectivity index (χ2n) is 6.36. The molecule has 166 valence electrons. The molecule has 11 nitrogen and oxygen atoms in total. The summed E-state index contributed by atoms with van der Waals surface area (Å²) in [5.41, 5.74) is 2.41. The molecule has 0 bridgehead atoms. The molecule has 0 heterocycles. The van der Waals surface area contributed by atoms with Crippen molar-refractivity contribution in [3.8, 4) is 17.2 Å². The number of ether oxygens (including phenoxy) is 1. The number of phenols is 2. The summed E-state index contributed by atoms with van der Waals surface area (Å²) in [6.45, 7) is 0. The molecule has 0 aliphatic carbocycles. The Kier molecular flexibility index (Phi) is 6.45. The van der Waals surface area contributed by atoms with E-state index in [1.165, 1.54) is 43.5 Å². The zero-order valence-corrected chi connectivity index (χ0v) is 17.4. The number of benzene rings is 3. The van der Waals surface area contributed by atoms with Crippen molar-refractivity contribution in [1.82, 2.24) is 0 Å². The standard InChI is InChI=1S/C20H18N4O7S/c1-31-16-8-5-14(6-9-16)23-32(29,30)19-11-15(24(27)28)7-10-17(19)22-21-12-13-3-2-4-18(25)20(13)26/h2-12,22-23,25-26H,1H3. The van der Waals surface area contributed by atoms with Gasteiger partial charge in [-0.15, -0.1) is 0 Å². The van der Waals surface area contributed by atoms with Gasteiger partial charge in [0.1, 0.15) is 10.6 Å². The third-order valence-electron chi connectivity index (χ3n) is 4.24. The van der Waals surface area contributed by atoms with Crippen molar-refractivity contribution in [2.45, 2.75) is 4.90 Å². The summed E-state index contributed by atoms with van der Waals surface area (Å²) in [5, 5.41) is 34.4. The van der Waals surface area contributed by atoms with Crippen LogP contribution in [0.25, 0.3) is 0 Å². The molecule has 12 heteroatoms. The van der Waals surface area contributed by atoms with Gasteiger partial charge in [-0.25, -0.2) is 8.42 Å². The summed E-state index contributed by atoms with van der Waals surface area (Å²) >= 11 is 0. The number of nitro groups is 1. The summed E-state index contributed by atoms with van der Waals surface area (Å²) < 4.78 is 33.3. The number of hydrogen-bond donors (Lipinski definition) is 4. The smallest absolute Gasteiger partial charge is 0.270 e. The molecule has 0 saturated carbocycles. The van der Waals surface area contributed by atoms with Crippen LogP contribution in [0, 0.1) is 10.1 Å². The van der Waals surface area contributed by atoms with Crippen LogP contribution < -0.4 is 14.9 Å². The number of hydrogen-bond acceptors (Lipinski definition) is 9. The van der Waals surface area contributed by atoms with Crippen molar-refractivity contribution >= 4 is 33.3 Å². The van der Waals surface area contributed by atoms with Crippen LogP contribution in [-0.2, 0) is 10.0 Å². The van der Waals surface area contributed by atoms with Gasteiger partial charge in [0.2, 0.25) is 0 Å². The van der Waals surface area contributed by atoms with Crippen molar-refractivity contribution in [2.24, 2.45) is 5.10 Å². The number of phenolic OH excluding ortho intramolecular Hbond substituents is 2. The van der Waals surface area contributed by atoms with Gasteiger partial charge in [-0.1, -0.05) is 6.07 Å². The van der Waals surface area contributed by atoms with Crippen molar-refractivity contribution in [3.63, 3.8) is 0 Å². The lowest BCUT2D eigenvalue weighted by atomic mass is 10.2. The van der Waals surface area contributed by atoms with Crippen LogP contribution in [0.3, 0.4) is 0 Å². The van der Waals surface area contributed by atoms with Crippen LogP contribution in [0.2, 0.25) is 0 Å². The summed E-state index contributed by atoms with van der Waals surface area (Å²) in [6, 6.07) is 13.5. The second kappa shape index (κ2) is 9.22. The van der Waals surface area contributed by atoms with E-state index in [1.54, 1.807) is 12.1 Å². The number of rotatable bonds is 8. The van der Waals surface area contributed by atoms with E-state index < -0.39 is 31.3 Å². The van der Waals surface area contributed by atoms with Gasteiger partial charge < -0.3 is 14.9 Å². The summed E-state index contributed by atoms with van der Waals surface area (Å²) in [5.74, 6) is -0.234. The number of methoxy groups -OCH3 is 1. The molecule has 0 aliphatic heterocycles. The first-order chi connectivity index (χ1) is 15.2.